The second kappa shape index (κ2) is 36.6. The van der Waals surface area contributed by atoms with Gasteiger partial charge < -0.3 is 126 Å². The van der Waals surface area contributed by atoms with Gasteiger partial charge in [0.15, 0.2) is 34.3 Å². The molecule has 12 aromatic heterocycles. The van der Waals surface area contributed by atoms with Crippen molar-refractivity contribution in [3.63, 3.8) is 0 Å². The van der Waals surface area contributed by atoms with Crippen molar-refractivity contribution in [2.75, 3.05) is 60.8 Å². The Kier molecular flexibility index (Phi) is 26.0. The maximum atomic E-state index is 11.3. The van der Waals surface area contributed by atoms with Crippen LogP contribution in [-0.2, 0) is 33.2 Å². The summed E-state index contributed by atoms with van der Waals surface area (Å²) in [6.45, 7) is 3.65. The minimum Gasteiger partial charge on any atom is -0.392 e. The maximum Gasteiger partial charge on any atom is 0.226 e. The zero-order valence-corrected chi connectivity index (χ0v) is 71.7. The Hall–Kier alpha value is -11.2. The number of ether oxygens (including phenoxy) is 6. The fourth-order valence-corrected chi connectivity index (χ4v) is 16.8. The molecule has 6 saturated heterocycles. The first-order chi connectivity index (χ1) is 60.8. The molecule has 0 bridgehead atoms. The first-order valence-corrected chi connectivity index (χ1v) is 40.7. The van der Waals surface area contributed by atoms with Crippen LogP contribution in [-0.4, -0.2) is 208 Å². The Labute approximate surface area is 751 Å². The van der Waals surface area contributed by atoms with Gasteiger partial charge in [0, 0.05) is 74.2 Å². The fourth-order valence-electron chi connectivity index (χ4n) is 15.8. The van der Waals surface area contributed by atoms with E-state index < -0.39 is 109 Å². The van der Waals surface area contributed by atoms with Crippen molar-refractivity contribution in [1.29, 1.82) is 0 Å². The normalized spacial score (nSPS) is 29.5. The zero-order valence-electron chi connectivity index (χ0n) is 69.2. The lowest BCUT2D eigenvalue weighted by atomic mass is 9.87. The van der Waals surface area contributed by atoms with Gasteiger partial charge in [0.1, 0.15) is 130 Å². The summed E-state index contributed by atoms with van der Waals surface area (Å²) in [6, 6.07) is 10.6. The predicted molar refractivity (Wildman–Crippen MR) is 470 cm³/mol. The molecule has 0 spiro atoms. The predicted octanol–water partition coefficient (Wildman–Crippen LogP) is 7.32. The minimum absolute atomic E-state index is 0.0175. The third kappa shape index (κ3) is 16.9. The second-order valence-corrected chi connectivity index (χ2v) is 32.1. The van der Waals surface area contributed by atoms with Crippen molar-refractivity contribution in [2.24, 2.45) is 17.8 Å². The number of aldehydes is 1. The summed E-state index contributed by atoms with van der Waals surface area (Å²) in [6.07, 6.45) is 41.1. The summed E-state index contributed by atoms with van der Waals surface area (Å²) < 4.78 is 60.2. The van der Waals surface area contributed by atoms with Gasteiger partial charge in [-0.2, -0.15) is 29.9 Å². The average molecular weight is 1840 g/mol. The lowest BCUT2D eigenvalue weighted by molar-refractivity contribution is -0.128. The lowest BCUT2D eigenvalue weighted by Crippen LogP contribution is -2.41. The van der Waals surface area contributed by atoms with E-state index in [1.807, 2.05) is 37.6 Å². The van der Waals surface area contributed by atoms with Gasteiger partial charge in [-0.3, -0.25) is 4.79 Å². The number of nitrogens with zero attached hydrogens (tertiary/aromatic N) is 18. The number of hydrogen-bond donors (Lipinski definition) is 13. The van der Waals surface area contributed by atoms with Crippen LogP contribution in [0, 0.1) is 91.8 Å². The summed E-state index contributed by atoms with van der Waals surface area (Å²) in [7, 11) is 0. The van der Waals surface area contributed by atoms with E-state index in [9.17, 15) is 40.5 Å². The molecular weight excluding hydrogens is 1760 g/mol. The van der Waals surface area contributed by atoms with Crippen LogP contribution in [0.1, 0.15) is 113 Å². The number of anilines is 6. The standard InChI is InChI=1S/C15H17ClN4O.C14H15ClN4O2.C14H13ClN4O2.3C13H13ClN4O3/c1-4-15(5-2)9(3)8-11(21-15)20-7-6-10-12(17)18-14(16)19-13(10)20;2*1-3-14(7-20)8(2)6-10(21-14)19-5-4-9-11(16)17-13(15)18-12(9)19;3*1-2-13(6-19)8(20)5-9(21-13)18-4-3-7-10(15)16-12(14)17-11(7)18/h1,6-7,9,11H,5,8H2,2-3H3,(H2,17,18,19);1,4-5,8,10,20H,6-7H2,2H3,(H2,16,17,18);1,4-5,7-8,10H,6H2,2H3,(H2,16,17,18);3*1,3-4,8-9,19-20H,5-6H2,(H2,15,16,17)/t9-,11+,15+;2*8-,10+,14+;3*8-,9+,13+/m000000/s1/i;7D;;6D;;/t;7?,8-,10+,14+;;6?,8-,9+,13+;;. The molecule has 44 heteroatoms. The highest BCUT2D eigenvalue weighted by Gasteiger charge is 2.52. The van der Waals surface area contributed by atoms with Crippen LogP contribution in [0.25, 0.3) is 66.2 Å². The van der Waals surface area contributed by atoms with Crippen LogP contribution in [0.3, 0.4) is 0 Å². The van der Waals surface area contributed by atoms with Crippen molar-refractivity contribution >= 4 is 177 Å². The molecule has 126 heavy (non-hydrogen) atoms. The van der Waals surface area contributed by atoms with Gasteiger partial charge in [-0.05, 0) is 132 Å². The molecule has 38 nitrogen and oxygen atoms in total. The highest BCUT2D eigenvalue weighted by Crippen LogP contribution is 2.48. The molecule has 2 unspecified atom stereocenters. The Morgan fingerprint density at radius 3 is 0.794 bits per heavy atom. The average Bonchev–Trinajstić information content (AvgIpc) is 1.71. The Balaban J connectivity index is 0.000000131. The van der Waals surface area contributed by atoms with Crippen molar-refractivity contribution in [2.45, 2.75) is 162 Å². The summed E-state index contributed by atoms with van der Waals surface area (Å²) in [5, 5.41) is 72.5. The number of nitrogen functional groups attached to an aromatic ring is 6. The molecule has 0 amide bonds. The van der Waals surface area contributed by atoms with Crippen LogP contribution in [0.15, 0.2) is 73.6 Å². The highest BCUT2D eigenvalue weighted by molar-refractivity contribution is 6.30. The summed E-state index contributed by atoms with van der Waals surface area (Å²) >= 11 is 35.1. The van der Waals surface area contributed by atoms with Crippen molar-refractivity contribution in [1.82, 2.24) is 87.2 Å². The number of rotatable bonds is 12. The minimum atomic E-state index is -1.79. The smallest absolute Gasteiger partial charge is 0.226 e. The Morgan fingerprint density at radius 2 is 0.595 bits per heavy atom. The van der Waals surface area contributed by atoms with Crippen LogP contribution in [0.2, 0.25) is 31.7 Å². The van der Waals surface area contributed by atoms with E-state index in [4.69, 9.17) is 174 Å². The topological polar surface area (TPSA) is 554 Å². The number of halogens is 6. The molecule has 0 radical (unpaired) electrons. The van der Waals surface area contributed by atoms with Gasteiger partial charge in [-0.25, -0.2) is 29.9 Å². The summed E-state index contributed by atoms with van der Waals surface area (Å²) in [5.74, 6) is 16.2. The number of fused-ring (bicyclic) bond motifs is 6. The lowest BCUT2D eigenvalue weighted by Gasteiger charge is -2.26. The molecule has 12 aromatic rings. The summed E-state index contributed by atoms with van der Waals surface area (Å²) in [4.78, 5) is 59.7. The van der Waals surface area contributed by atoms with E-state index in [1.54, 1.807) is 84.2 Å². The van der Waals surface area contributed by atoms with E-state index in [-0.39, 0.29) is 98.2 Å². The van der Waals surface area contributed by atoms with Crippen LogP contribution in [0.4, 0.5) is 34.9 Å². The van der Waals surface area contributed by atoms with Gasteiger partial charge in [0.2, 0.25) is 31.7 Å². The number of carbonyl (C=O) groups excluding carboxylic acids is 1. The first kappa shape index (κ1) is 89.6. The number of aliphatic hydroxyl groups is 7. The summed E-state index contributed by atoms with van der Waals surface area (Å²) in [5.41, 5.74) is 30.4. The number of terminal acetylenes is 6. The first-order valence-electron chi connectivity index (χ1n) is 39.6. The quantitative estimate of drug-likeness (QED) is 0.0323. The third-order valence-corrected chi connectivity index (χ3v) is 24.1. The molecule has 18 heterocycles. The molecule has 658 valence electrons. The molecule has 6 fully saturated rings. The SMILES string of the molecule is C#C[C@]1(C=O)O[C@@H](n2ccc3c(N)nc(Cl)nc32)C[C@@H]1C.C#C[C@]1(CC)O[C@@H](n2ccc3c(N)nc(Cl)nc32)C[C@@H]1C.C#C[C@]1(CO)O[C@@H](n2ccc3c(N)nc(Cl)nc32)C[C@@H]1O.C#C[C@]1(CO)O[C@@H](n2ccc3c(N)nc(Cl)nc32)C[C@@H]1O.[2H]C(O)[C@@]1(C#C)O[C@@H](n2ccc3c(N)nc(Cl)nc32)C[C@@H]1C.[2H]C(O)[C@@]1(C#C)O[C@@H](n2ccc3c(N)nc(Cl)nc32)C[C@@H]1O. The van der Waals surface area contributed by atoms with Crippen molar-refractivity contribution < 1.29 is 71.7 Å². The number of carbonyl (C=O) groups is 1. The van der Waals surface area contributed by atoms with E-state index in [1.165, 1.54) is 0 Å². The number of aromatic nitrogens is 18. The Morgan fingerprint density at radius 1 is 0.373 bits per heavy atom. The Bertz CT molecular complexity index is 6090. The van der Waals surface area contributed by atoms with Gasteiger partial charge in [0.05, 0.1) is 61.4 Å². The second-order valence-electron chi connectivity index (χ2n) is 30.1. The van der Waals surface area contributed by atoms with Gasteiger partial charge in [0.25, 0.3) is 0 Å². The fraction of sp³-hybridized carbons (Fsp3) is 0.402. The number of hydrogen-bond acceptors (Lipinski definition) is 32. The largest absolute Gasteiger partial charge is 0.392 e. The van der Waals surface area contributed by atoms with E-state index in [2.05, 4.69) is 102 Å². The van der Waals surface area contributed by atoms with E-state index in [0.717, 1.165) is 18.2 Å². The maximum absolute atomic E-state index is 11.3. The number of aliphatic hydroxyl groups excluding tert-OH is 7. The van der Waals surface area contributed by atoms with Gasteiger partial charge in [-0.1, -0.05) is 63.2 Å². The van der Waals surface area contributed by atoms with E-state index in [0.29, 0.717) is 91.6 Å². The molecule has 6 aliphatic heterocycles. The molecular formula is C82H84Cl6N24O14. The molecule has 18 rings (SSSR count). The van der Waals surface area contributed by atoms with Crippen LogP contribution < -0.4 is 34.4 Å². The number of nitrogens with two attached hydrogens (primary N) is 6. The van der Waals surface area contributed by atoms with Crippen LogP contribution in [0.5, 0.6) is 0 Å². The van der Waals surface area contributed by atoms with E-state index >= 15 is 0 Å². The van der Waals surface area contributed by atoms with Gasteiger partial charge >= 0.3 is 0 Å². The van der Waals surface area contributed by atoms with Gasteiger partial charge in [-0.15, -0.1) is 38.5 Å². The van der Waals surface area contributed by atoms with Crippen molar-refractivity contribution in [3.05, 3.63) is 105 Å². The molecule has 0 aliphatic carbocycles. The zero-order chi connectivity index (χ0) is 92.9. The monoisotopic (exact) mass is 1840 g/mol. The highest BCUT2D eigenvalue weighted by atomic mass is 35.5. The molecule has 6 aliphatic rings. The third-order valence-electron chi connectivity index (χ3n) is 23.1. The molecule has 0 aromatic carbocycles. The van der Waals surface area contributed by atoms with Crippen molar-refractivity contribution in [3.8, 4) is 74.1 Å². The molecule has 20 atom stereocenters. The molecule has 0 saturated carbocycles. The molecule has 19 N–H and O–H groups in total. The van der Waals surface area contributed by atoms with Crippen LogP contribution >= 0.6 is 69.6 Å².